The fraction of sp³-hybridized carbons (Fsp3) is 0.375. The fourth-order valence-corrected chi connectivity index (χ4v) is 3.26. The quantitative estimate of drug-likeness (QED) is 0.845. The Bertz CT molecular complexity index is 622. The number of ether oxygens (including phenoxy) is 1. The summed E-state index contributed by atoms with van der Waals surface area (Å²) < 4.78 is 5.63. The Balaban J connectivity index is 2.42. The minimum Gasteiger partial charge on any atom is -0.493 e. The summed E-state index contributed by atoms with van der Waals surface area (Å²) in [6.07, 6.45) is 1.78. The van der Waals surface area contributed by atoms with Crippen molar-refractivity contribution in [3.63, 3.8) is 0 Å². The van der Waals surface area contributed by atoms with E-state index in [9.17, 15) is 4.79 Å². The molecule has 0 radical (unpaired) electrons. The largest absolute Gasteiger partial charge is 0.493 e. The number of nitrogens with zero attached hydrogens (tertiary/aromatic N) is 1. The number of aryl methyl sites for hydroxylation is 1. The molecule has 0 aliphatic rings. The third-order valence-corrected chi connectivity index (χ3v) is 4.13. The summed E-state index contributed by atoms with van der Waals surface area (Å²) in [5.74, 6) is -0.0284. The lowest BCUT2D eigenvalue weighted by molar-refractivity contribution is -0.136. The van der Waals surface area contributed by atoms with Gasteiger partial charge in [0.1, 0.15) is 10.8 Å². The van der Waals surface area contributed by atoms with Crippen molar-refractivity contribution in [3.05, 3.63) is 34.8 Å². The van der Waals surface area contributed by atoms with Crippen LogP contribution in [0.1, 0.15) is 30.8 Å². The number of aliphatic carboxylic acids is 1. The van der Waals surface area contributed by atoms with E-state index >= 15 is 0 Å². The van der Waals surface area contributed by atoms with Gasteiger partial charge in [0.15, 0.2) is 0 Å². The number of benzene rings is 1. The third kappa shape index (κ3) is 3.82. The molecule has 1 aromatic heterocycles. The number of para-hydroxylation sites is 1. The average molecular weight is 305 g/mol. The number of carbonyl (C=O) groups is 1. The van der Waals surface area contributed by atoms with E-state index in [1.165, 1.54) is 11.3 Å². The van der Waals surface area contributed by atoms with Gasteiger partial charge < -0.3 is 9.84 Å². The van der Waals surface area contributed by atoms with Gasteiger partial charge in [-0.1, -0.05) is 25.5 Å². The van der Waals surface area contributed by atoms with E-state index in [0.717, 1.165) is 39.7 Å². The molecule has 2 rings (SSSR count). The molecule has 0 unspecified atom stereocenters. The number of hydrogen-bond acceptors (Lipinski definition) is 4. The fourth-order valence-electron chi connectivity index (χ4n) is 2.13. The minimum atomic E-state index is -0.819. The smallest absolute Gasteiger partial charge is 0.308 e. The molecule has 112 valence electrons. The minimum absolute atomic E-state index is 0.0315. The van der Waals surface area contributed by atoms with E-state index in [0.29, 0.717) is 6.61 Å². The molecule has 4 nitrogen and oxygen atoms in total. The summed E-state index contributed by atoms with van der Waals surface area (Å²) in [6.45, 7) is 4.60. The Morgan fingerprint density at radius 3 is 2.76 bits per heavy atom. The van der Waals surface area contributed by atoms with Crippen molar-refractivity contribution in [2.45, 2.75) is 33.1 Å². The van der Waals surface area contributed by atoms with Crippen LogP contribution < -0.4 is 4.74 Å². The molecule has 0 atom stereocenters. The van der Waals surface area contributed by atoms with Crippen LogP contribution in [-0.2, 0) is 17.6 Å². The zero-order chi connectivity index (χ0) is 15.2. The Kier molecular flexibility index (Phi) is 5.33. The predicted octanol–water partition coefficient (Wildman–Crippen LogP) is 3.79. The van der Waals surface area contributed by atoms with Gasteiger partial charge in [0.2, 0.25) is 0 Å². The highest BCUT2D eigenvalue weighted by atomic mass is 32.1. The molecule has 0 aliphatic carbocycles. The summed E-state index contributed by atoms with van der Waals surface area (Å²) >= 11 is 1.45. The number of carboxylic acids is 1. The monoisotopic (exact) mass is 305 g/mol. The van der Waals surface area contributed by atoms with Gasteiger partial charge in [-0.05, 0) is 25.5 Å². The van der Waals surface area contributed by atoms with Crippen molar-refractivity contribution in [1.29, 1.82) is 0 Å². The van der Waals surface area contributed by atoms with Crippen molar-refractivity contribution in [1.82, 2.24) is 4.98 Å². The summed E-state index contributed by atoms with van der Waals surface area (Å²) in [5.41, 5.74) is 1.82. The Morgan fingerprint density at radius 2 is 2.10 bits per heavy atom. The zero-order valence-electron chi connectivity index (χ0n) is 12.3. The van der Waals surface area contributed by atoms with E-state index in [1.54, 1.807) is 0 Å². The van der Waals surface area contributed by atoms with Gasteiger partial charge >= 0.3 is 5.97 Å². The van der Waals surface area contributed by atoms with Crippen molar-refractivity contribution in [2.24, 2.45) is 0 Å². The first-order chi connectivity index (χ1) is 10.2. The van der Waals surface area contributed by atoms with Crippen LogP contribution in [0.2, 0.25) is 0 Å². The molecule has 0 spiro atoms. The lowest BCUT2D eigenvalue weighted by Gasteiger charge is -2.07. The van der Waals surface area contributed by atoms with Crippen molar-refractivity contribution in [2.75, 3.05) is 6.61 Å². The standard InChI is InChI=1S/C16H19NO3S/c1-3-7-12-14(10-15(18)19)21-16(17-12)11-8-5-6-9-13(11)20-4-2/h5-6,8-9H,3-4,7,10H2,1-2H3,(H,18,19). The Hall–Kier alpha value is -1.88. The number of aromatic nitrogens is 1. The van der Waals surface area contributed by atoms with Crippen LogP contribution in [0.25, 0.3) is 10.6 Å². The lowest BCUT2D eigenvalue weighted by Crippen LogP contribution is -2.01. The Labute approximate surface area is 128 Å². The van der Waals surface area contributed by atoms with Crippen LogP contribution in [-0.4, -0.2) is 22.7 Å². The number of rotatable bonds is 7. The van der Waals surface area contributed by atoms with E-state index in [1.807, 2.05) is 31.2 Å². The molecular formula is C16H19NO3S. The van der Waals surface area contributed by atoms with Crippen molar-refractivity contribution < 1.29 is 14.6 Å². The van der Waals surface area contributed by atoms with Crippen LogP contribution in [0.5, 0.6) is 5.75 Å². The van der Waals surface area contributed by atoms with E-state index in [4.69, 9.17) is 9.84 Å². The third-order valence-electron chi connectivity index (χ3n) is 2.99. The maximum atomic E-state index is 11.0. The second-order valence-electron chi connectivity index (χ2n) is 4.64. The zero-order valence-corrected chi connectivity index (χ0v) is 13.1. The van der Waals surface area contributed by atoms with Crippen LogP contribution in [0.4, 0.5) is 0 Å². The molecular weight excluding hydrogens is 286 g/mol. The first-order valence-electron chi connectivity index (χ1n) is 7.08. The van der Waals surface area contributed by atoms with E-state index < -0.39 is 5.97 Å². The molecule has 1 N–H and O–H groups in total. The molecule has 0 saturated heterocycles. The second kappa shape index (κ2) is 7.22. The topological polar surface area (TPSA) is 59.4 Å². The molecule has 5 heteroatoms. The number of thiazole rings is 1. The maximum Gasteiger partial charge on any atom is 0.308 e. The van der Waals surface area contributed by atoms with E-state index in [-0.39, 0.29) is 6.42 Å². The second-order valence-corrected chi connectivity index (χ2v) is 5.72. The van der Waals surface area contributed by atoms with Gasteiger partial charge in [-0.2, -0.15) is 0 Å². The molecule has 0 bridgehead atoms. The normalized spacial score (nSPS) is 10.6. The summed E-state index contributed by atoms with van der Waals surface area (Å²) in [4.78, 5) is 16.5. The summed E-state index contributed by atoms with van der Waals surface area (Å²) in [6, 6.07) is 7.74. The SMILES string of the molecule is CCCc1nc(-c2ccccc2OCC)sc1CC(=O)O. The number of hydrogen-bond donors (Lipinski definition) is 1. The molecule has 21 heavy (non-hydrogen) atoms. The predicted molar refractivity (Wildman–Crippen MR) is 84.1 cm³/mol. The molecule has 0 fully saturated rings. The molecule has 1 heterocycles. The average Bonchev–Trinajstić information content (AvgIpc) is 2.82. The van der Waals surface area contributed by atoms with Gasteiger partial charge in [0.25, 0.3) is 0 Å². The molecule has 2 aromatic rings. The van der Waals surface area contributed by atoms with Crippen LogP contribution >= 0.6 is 11.3 Å². The highest BCUT2D eigenvalue weighted by Gasteiger charge is 2.16. The highest BCUT2D eigenvalue weighted by Crippen LogP contribution is 2.35. The van der Waals surface area contributed by atoms with Gasteiger partial charge in [-0.3, -0.25) is 4.79 Å². The van der Waals surface area contributed by atoms with Crippen molar-refractivity contribution >= 4 is 17.3 Å². The molecule has 1 aromatic carbocycles. The summed E-state index contributed by atoms with van der Waals surface area (Å²) in [5, 5.41) is 9.86. The van der Waals surface area contributed by atoms with Gasteiger partial charge in [-0.15, -0.1) is 11.3 Å². The molecule has 0 saturated carbocycles. The van der Waals surface area contributed by atoms with Crippen molar-refractivity contribution in [3.8, 4) is 16.3 Å². The van der Waals surface area contributed by atoms with Gasteiger partial charge in [0.05, 0.1) is 24.3 Å². The maximum absolute atomic E-state index is 11.0. The van der Waals surface area contributed by atoms with Crippen LogP contribution in [0.3, 0.4) is 0 Å². The van der Waals surface area contributed by atoms with Crippen LogP contribution in [0, 0.1) is 0 Å². The number of carboxylic acid groups (broad SMARTS) is 1. The van der Waals surface area contributed by atoms with E-state index in [2.05, 4.69) is 11.9 Å². The molecule has 0 aliphatic heterocycles. The van der Waals surface area contributed by atoms with Crippen LogP contribution in [0.15, 0.2) is 24.3 Å². The lowest BCUT2D eigenvalue weighted by atomic mass is 10.2. The summed E-state index contributed by atoms with van der Waals surface area (Å²) in [7, 11) is 0. The van der Waals surface area contributed by atoms with Gasteiger partial charge in [0, 0.05) is 4.88 Å². The first-order valence-corrected chi connectivity index (χ1v) is 7.89. The molecule has 0 amide bonds. The Morgan fingerprint density at radius 1 is 1.33 bits per heavy atom. The van der Waals surface area contributed by atoms with Gasteiger partial charge in [-0.25, -0.2) is 4.98 Å². The highest BCUT2D eigenvalue weighted by molar-refractivity contribution is 7.15. The first kappa shape index (κ1) is 15.5.